The maximum absolute atomic E-state index is 4.15. The van der Waals surface area contributed by atoms with Crippen LogP contribution >= 0.6 is 0 Å². The van der Waals surface area contributed by atoms with Crippen LogP contribution in [0.4, 0.5) is 11.4 Å². The molecule has 0 saturated heterocycles. The lowest BCUT2D eigenvalue weighted by atomic mass is 10.2. The Morgan fingerprint density at radius 2 is 1.82 bits per heavy atom. The Bertz CT molecular complexity index is 231. The molecule has 2 heteroatoms. The summed E-state index contributed by atoms with van der Waals surface area (Å²) in [7, 11) is 5.84. The predicted octanol–water partition coefficient (Wildman–Crippen LogP) is 1.62. The summed E-state index contributed by atoms with van der Waals surface area (Å²) in [6, 6.07) is 8.08. The minimum absolute atomic E-state index is 1.04. The molecule has 1 radical (unpaired) electrons. The van der Waals surface area contributed by atoms with Crippen molar-refractivity contribution in [2.24, 2.45) is 0 Å². The highest BCUT2D eigenvalue weighted by atomic mass is 15.1. The van der Waals surface area contributed by atoms with Gasteiger partial charge in [0.15, 0.2) is 0 Å². The van der Waals surface area contributed by atoms with Gasteiger partial charge in [0.25, 0.3) is 0 Å². The molecule has 0 aliphatic carbocycles. The molecule has 0 unspecified atom stereocenters. The molecule has 1 aromatic rings. The second-order valence-corrected chi connectivity index (χ2v) is 2.61. The summed E-state index contributed by atoms with van der Waals surface area (Å²) in [5.74, 6) is 0. The van der Waals surface area contributed by atoms with E-state index in [-0.39, 0.29) is 0 Å². The normalized spacial score (nSPS) is 9.36. The van der Waals surface area contributed by atoms with Crippen molar-refractivity contribution in [2.45, 2.75) is 0 Å². The van der Waals surface area contributed by atoms with Crippen LogP contribution in [-0.4, -0.2) is 21.1 Å². The molecule has 0 amide bonds. The summed E-state index contributed by atoms with van der Waals surface area (Å²) in [5, 5.41) is 4.15. The van der Waals surface area contributed by atoms with Crippen molar-refractivity contribution < 1.29 is 0 Å². The largest absolute Gasteiger partial charge is 0.376 e. The van der Waals surface area contributed by atoms with Crippen LogP contribution in [0.2, 0.25) is 0 Å². The number of para-hydroxylation sites is 2. The maximum atomic E-state index is 4.15. The molecule has 59 valence electrons. The number of nitrogens with zero attached hydrogens (tertiary/aromatic N) is 2. The first-order chi connectivity index (χ1) is 5.25. The number of hydrogen-bond acceptors (Lipinski definition) is 1. The van der Waals surface area contributed by atoms with Crippen LogP contribution in [0.3, 0.4) is 0 Å². The Hall–Kier alpha value is -1.18. The van der Waals surface area contributed by atoms with E-state index in [0.29, 0.717) is 0 Å². The summed E-state index contributed by atoms with van der Waals surface area (Å²) in [6.45, 7) is 0. The topological polar surface area (TPSA) is 17.3 Å². The molecule has 1 aromatic carbocycles. The monoisotopic (exact) mass is 149 g/mol. The molecule has 0 aliphatic rings. The molecule has 1 rings (SSSR count). The first-order valence-electron chi connectivity index (χ1n) is 3.62. The Morgan fingerprint density at radius 1 is 1.18 bits per heavy atom. The van der Waals surface area contributed by atoms with Crippen molar-refractivity contribution in [3.05, 3.63) is 24.3 Å². The van der Waals surface area contributed by atoms with Gasteiger partial charge in [-0.05, 0) is 12.1 Å². The second kappa shape index (κ2) is 3.28. The average molecular weight is 149 g/mol. The standard InChI is InChI=1S/C9H13N2/c1-10-8-6-4-5-7-9(8)11(2)3/h4-7H,1-3H3. The highest BCUT2D eigenvalue weighted by Gasteiger charge is 2.00. The van der Waals surface area contributed by atoms with Gasteiger partial charge in [0.2, 0.25) is 0 Å². The third-order valence-electron chi connectivity index (χ3n) is 1.60. The van der Waals surface area contributed by atoms with Gasteiger partial charge in [-0.3, -0.25) is 5.32 Å². The van der Waals surface area contributed by atoms with Gasteiger partial charge in [-0.1, -0.05) is 12.1 Å². The van der Waals surface area contributed by atoms with Crippen LogP contribution in [0.15, 0.2) is 24.3 Å². The lowest BCUT2D eigenvalue weighted by Gasteiger charge is -2.15. The van der Waals surface area contributed by atoms with Gasteiger partial charge in [-0.25, -0.2) is 0 Å². The van der Waals surface area contributed by atoms with Gasteiger partial charge in [0.05, 0.1) is 11.4 Å². The summed E-state index contributed by atoms with van der Waals surface area (Å²) in [6.07, 6.45) is 0. The van der Waals surface area contributed by atoms with Gasteiger partial charge in [-0.15, -0.1) is 0 Å². The summed E-state index contributed by atoms with van der Waals surface area (Å²) < 4.78 is 0. The quantitative estimate of drug-likeness (QED) is 0.624. The van der Waals surface area contributed by atoms with E-state index in [1.165, 1.54) is 0 Å². The Labute approximate surface area is 67.8 Å². The molecule has 0 N–H and O–H groups in total. The lowest BCUT2D eigenvalue weighted by Crippen LogP contribution is -2.10. The van der Waals surface area contributed by atoms with Crippen LogP contribution in [0.5, 0.6) is 0 Å². The van der Waals surface area contributed by atoms with E-state index in [4.69, 9.17) is 0 Å². The fraction of sp³-hybridized carbons (Fsp3) is 0.333. The van der Waals surface area contributed by atoms with E-state index < -0.39 is 0 Å². The Balaban J connectivity index is 3.02. The van der Waals surface area contributed by atoms with E-state index in [9.17, 15) is 0 Å². The fourth-order valence-electron chi connectivity index (χ4n) is 1.03. The Morgan fingerprint density at radius 3 is 2.27 bits per heavy atom. The van der Waals surface area contributed by atoms with E-state index in [1.54, 1.807) is 0 Å². The summed E-state index contributed by atoms with van der Waals surface area (Å²) in [5.41, 5.74) is 2.20. The number of rotatable bonds is 2. The minimum Gasteiger partial charge on any atom is -0.376 e. The molecular weight excluding hydrogens is 136 g/mol. The van der Waals surface area contributed by atoms with Crippen molar-refractivity contribution in [1.29, 1.82) is 0 Å². The van der Waals surface area contributed by atoms with Crippen LogP contribution in [0.25, 0.3) is 0 Å². The van der Waals surface area contributed by atoms with Crippen LogP contribution in [-0.2, 0) is 0 Å². The van der Waals surface area contributed by atoms with E-state index in [1.807, 2.05) is 39.3 Å². The first-order valence-corrected chi connectivity index (χ1v) is 3.62. The van der Waals surface area contributed by atoms with Crippen LogP contribution in [0.1, 0.15) is 0 Å². The zero-order valence-electron chi connectivity index (χ0n) is 7.20. The van der Waals surface area contributed by atoms with Crippen molar-refractivity contribution in [1.82, 2.24) is 5.32 Å². The van der Waals surface area contributed by atoms with Crippen molar-refractivity contribution >= 4 is 11.4 Å². The minimum atomic E-state index is 1.04. The molecule has 0 aliphatic heterocycles. The third-order valence-corrected chi connectivity index (χ3v) is 1.60. The first kappa shape index (κ1) is 7.92. The van der Waals surface area contributed by atoms with Gasteiger partial charge in [0.1, 0.15) is 0 Å². The van der Waals surface area contributed by atoms with Gasteiger partial charge >= 0.3 is 0 Å². The molecule has 2 nitrogen and oxygen atoms in total. The predicted molar refractivity (Wildman–Crippen MR) is 48.5 cm³/mol. The summed E-state index contributed by atoms with van der Waals surface area (Å²) >= 11 is 0. The third kappa shape index (κ3) is 1.64. The molecule has 0 aromatic heterocycles. The van der Waals surface area contributed by atoms with Crippen LogP contribution < -0.4 is 10.2 Å². The molecular formula is C9H13N2. The van der Waals surface area contributed by atoms with Crippen molar-refractivity contribution in [3.8, 4) is 0 Å². The van der Waals surface area contributed by atoms with E-state index >= 15 is 0 Å². The van der Waals surface area contributed by atoms with Gasteiger partial charge in [-0.2, -0.15) is 0 Å². The lowest BCUT2D eigenvalue weighted by molar-refractivity contribution is 1.05. The zero-order valence-corrected chi connectivity index (χ0v) is 7.20. The van der Waals surface area contributed by atoms with Crippen molar-refractivity contribution in [3.63, 3.8) is 0 Å². The SMILES string of the molecule is C[N]c1ccccc1N(C)C. The smallest absolute Gasteiger partial charge is 0.0804 e. The molecule has 0 bridgehead atoms. The number of benzene rings is 1. The fourth-order valence-corrected chi connectivity index (χ4v) is 1.03. The van der Waals surface area contributed by atoms with E-state index in [2.05, 4.69) is 16.3 Å². The zero-order chi connectivity index (χ0) is 8.27. The second-order valence-electron chi connectivity index (χ2n) is 2.61. The van der Waals surface area contributed by atoms with Gasteiger partial charge < -0.3 is 4.90 Å². The highest BCUT2D eigenvalue weighted by molar-refractivity contribution is 5.65. The van der Waals surface area contributed by atoms with Crippen molar-refractivity contribution in [2.75, 3.05) is 26.0 Å². The Kier molecular flexibility index (Phi) is 2.36. The average Bonchev–Trinajstić information content (AvgIpc) is 2.04. The number of anilines is 1. The highest BCUT2D eigenvalue weighted by Crippen LogP contribution is 2.22. The molecule has 0 fully saturated rings. The summed E-state index contributed by atoms with van der Waals surface area (Å²) in [4.78, 5) is 2.06. The molecule has 0 heterocycles. The molecule has 0 spiro atoms. The maximum Gasteiger partial charge on any atom is 0.0804 e. The van der Waals surface area contributed by atoms with E-state index in [0.717, 1.165) is 11.4 Å². The molecule has 0 atom stereocenters. The van der Waals surface area contributed by atoms with Gasteiger partial charge in [0, 0.05) is 21.1 Å². The molecule has 0 saturated carbocycles. The number of hydrogen-bond donors (Lipinski definition) is 0. The molecule has 11 heavy (non-hydrogen) atoms. The van der Waals surface area contributed by atoms with Crippen LogP contribution in [0, 0.1) is 0 Å².